The number of pyridine rings is 1. The molecular weight excluding hydrogens is 263 g/mol. The second-order valence-electron chi connectivity index (χ2n) is 4.04. The molecule has 0 amide bonds. The maximum Gasteiger partial charge on any atom is 0.272 e. The zero-order chi connectivity index (χ0) is 14.1. The fourth-order valence-electron chi connectivity index (χ4n) is 1.92. The summed E-state index contributed by atoms with van der Waals surface area (Å²) in [7, 11) is 0. The van der Waals surface area contributed by atoms with Crippen molar-refractivity contribution in [2.75, 3.05) is 0 Å². The Labute approximate surface area is 112 Å². The molecule has 1 aromatic carbocycles. The largest absolute Gasteiger partial charge is 0.272 e. The van der Waals surface area contributed by atoms with Crippen LogP contribution in [0.5, 0.6) is 0 Å². The van der Waals surface area contributed by atoms with Gasteiger partial charge in [0.15, 0.2) is 0 Å². The van der Waals surface area contributed by atoms with E-state index in [1.807, 2.05) is 0 Å². The predicted octanol–water partition coefficient (Wildman–Crippen LogP) is 2.74. The summed E-state index contributed by atoms with van der Waals surface area (Å²) in [6.45, 7) is 0. The quantitative estimate of drug-likeness (QED) is 0.406. The first kappa shape index (κ1) is 12.1. The van der Waals surface area contributed by atoms with Gasteiger partial charge in [0.05, 0.1) is 16.0 Å². The van der Waals surface area contributed by atoms with E-state index in [0.29, 0.717) is 22.2 Å². The highest BCUT2D eigenvalue weighted by Gasteiger charge is 2.14. The van der Waals surface area contributed by atoms with Crippen LogP contribution in [0.2, 0.25) is 0 Å². The minimum Gasteiger partial charge on any atom is -0.258 e. The van der Waals surface area contributed by atoms with Gasteiger partial charge in [0.25, 0.3) is 5.69 Å². The van der Waals surface area contributed by atoms with Gasteiger partial charge in [0, 0.05) is 41.9 Å². The molecule has 3 aromatic rings. The van der Waals surface area contributed by atoms with Gasteiger partial charge in [-0.25, -0.2) is 4.98 Å². The Balaban J connectivity index is 2.32. The predicted molar refractivity (Wildman–Crippen MR) is 69.4 cm³/mol. The lowest BCUT2D eigenvalue weighted by Crippen LogP contribution is -1.93. The van der Waals surface area contributed by atoms with Gasteiger partial charge in [0.2, 0.25) is 5.95 Å². The summed E-state index contributed by atoms with van der Waals surface area (Å²) in [6, 6.07) is 5.42. The van der Waals surface area contributed by atoms with E-state index in [9.17, 15) is 14.5 Å². The number of rotatable bonds is 2. The molecule has 98 valence electrons. The Hall–Kier alpha value is -2.96. The molecule has 0 aliphatic carbocycles. The van der Waals surface area contributed by atoms with Crippen LogP contribution in [0.3, 0.4) is 0 Å². The fourth-order valence-corrected chi connectivity index (χ4v) is 1.92. The highest BCUT2D eigenvalue weighted by atomic mass is 19.1. The summed E-state index contributed by atoms with van der Waals surface area (Å²) in [5.74, 6) is -0.616. The van der Waals surface area contributed by atoms with Gasteiger partial charge in [0.1, 0.15) is 0 Å². The Kier molecular flexibility index (Phi) is 2.79. The Bertz CT molecular complexity index is 805. The summed E-state index contributed by atoms with van der Waals surface area (Å²) in [4.78, 5) is 22.3. The van der Waals surface area contributed by atoms with Crippen molar-refractivity contribution in [3.05, 3.63) is 58.9 Å². The van der Waals surface area contributed by atoms with E-state index in [1.165, 1.54) is 42.9 Å². The molecule has 0 saturated heterocycles. The molecule has 6 nitrogen and oxygen atoms in total. The molecule has 7 heteroatoms. The van der Waals surface area contributed by atoms with Crippen LogP contribution < -0.4 is 0 Å². The van der Waals surface area contributed by atoms with Crippen molar-refractivity contribution >= 4 is 16.7 Å². The number of nitro groups is 1. The highest BCUT2D eigenvalue weighted by molar-refractivity contribution is 5.93. The van der Waals surface area contributed by atoms with Crippen LogP contribution in [0.15, 0.2) is 42.9 Å². The van der Waals surface area contributed by atoms with Crippen LogP contribution >= 0.6 is 0 Å². The third-order valence-electron chi connectivity index (χ3n) is 2.81. The molecule has 0 saturated carbocycles. The van der Waals surface area contributed by atoms with Gasteiger partial charge in [-0.2, -0.15) is 4.39 Å². The lowest BCUT2D eigenvalue weighted by atomic mass is 10.0. The standard InChI is InChI=1S/C13H7FN4O2/c14-12-2-1-8(7-17-12)10-5-9(18(19)20)6-11-13(10)16-4-3-15-11/h1-7H. The number of aromatic nitrogens is 3. The van der Waals surface area contributed by atoms with Gasteiger partial charge in [-0.05, 0) is 12.1 Å². The van der Waals surface area contributed by atoms with Crippen LogP contribution in [0.1, 0.15) is 0 Å². The monoisotopic (exact) mass is 270 g/mol. The third-order valence-corrected chi connectivity index (χ3v) is 2.81. The molecular formula is C13H7FN4O2. The van der Waals surface area contributed by atoms with Crippen molar-refractivity contribution in [3.63, 3.8) is 0 Å². The van der Waals surface area contributed by atoms with Crippen molar-refractivity contribution < 1.29 is 9.31 Å². The number of non-ortho nitro benzene ring substituents is 1. The average Bonchev–Trinajstić information content (AvgIpc) is 2.47. The lowest BCUT2D eigenvalue weighted by molar-refractivity contribution is -0.384. The van der Waals surface area contributed by atoms with Crippen LogP contribution in [-0.2, 0) is 0 Å². The summed E-state index contributed by atoms with van der Waals surface area (Å²) in [5.41, 5.74) is 1.85. The van der Waals surface area contributed by atoms with E-state index in [4.69, 9.17) is 0 Å². The molecule has 3 rings (SSSR count). The van der Waals surface area contributed by atoms with E-state index in [0.717, 1.165) is 0 Å². The number of fused-ring (bicyclic) bond motifs is 1. The first-order valence-electron chi connectivity index (χ1n) is 5.66. The number of halogens is 1. The van der Waals surface area contributed by atoms with Crippen LogP contribution in [-0.4, -0.2) is 19.9 Å². The van der Waals surface area contributed by atoms with Gasteiger partial charge in [-0.3, -0.25) is 20.1 Å². The minimum atomic E-state index is -0.616. The minimum absolute atomic E-state index is 0.0997. The summed E-state index contributed by atoms with van der Waals surface area (Å²) >= 11 is 0. The number of nitro benzene ring substituents is 1. The molecule has 0 fully saturated rings. The van der Waals surface area contributed by atoms with Crippen molar-refractivity contribution in [2.24, 2.45) is 0 Å². The number of hydrogen-bond acceptors (Lipinski definition) is 5. The normalized spacial score (nSPS) is 10.7. The SMILES string of the molecule is O=[N+]([O-])c1cc(-c2ccc(F)nc2)c2nccnc2c1. The molecule has 0 bridgehead atoms. The zero-order valence-electron chi connectivity index (χ0n) is 10.0. The van der Waals surface area contributed by atoms with Gasteiger partial charge in [-0.15, -0.1) is 0 Å². The maximum atomic E-state index is 12.9. The first-order chi connectivity index (χ1) is 9.65. The van der Waals surface area contributed by atoms with Crippen LogP contribution in [0.4, 0.5) is 10.1 Å². The Morgan fingerprint density at radius 1 is 1.10 bits per heavy atom. The van der Waals surface area contributed by atoms with Crippen LogP contribution in [0, 0.1) is 16.1 Å². The molecule has 2 heterocycles. The molecule has 0 unspecified atom stereocenters. The van der Waals surface area contributed by atoms with Crippen molar-refractivity contribution in [3.8, 4) is 11.1 Å². The summed E-state index contributed by atoms with van der Waals surface area (Å²) in [5, 5.41) is 11.0. The van der Waals surface area contributed by atoms with Crippen molar-refractivity contribution in [1.82, 2.24) is 15.0 Å². The van der Waals surface area contributed by atoms with E-state index < -0.39 is 10.9 Å². The zero-order valence-corrected chi connectivity index (χ0v) is 10.0. The van der Waals surface area contributed by atoms with Crippen molar-refractivity contribution in [1.29, 1.82) is 0 Å². The van der Waals surface area contributed by atoms with Gasteiger partial charge >= 0.3 is 0 Å². The average molecular weight is 270 g/mol. The molecule has 0 radical (unpaired) electrons. The summed E-state index contributed by atoms with van der Waals surface area (Å²) in [6.07, 6.45) is 4.26. The molecule has 0 atom stereocenters. The van der Waals surface area contributed by atoms with E-state index in [-0.39, 0.29) is 5.69 Å². The molecule has 0 aliphatic rings. The third kappa shape index (κ3) is 2.05. The number of hydrogen-bond donors (Lipinski definition) is 0. The number of benzene rings is 1. The topological polar surface area (TPSA) is 81.8 Å². The maximum absolute atomic E-state index is 12.9. The fraction of sp³-hybridized carbons (Fsp3) is 0. The van der Waals surface area contributed by atoms with Gasteiger partial charge in [-0.1, -0.05) is 0 Å². The lowest BCUT2D eigenvalue weighted by Gasteiger charge is -2.05. The highest BCUT2D eigenvalue weighted by Crippen LogP contribution is 2.30. The van der Waals surface area contributed by atoms with Crippen LogP contribution in [0.25, 0.3) is 22.2 Å². The first-order valence-corrected chi connectivity index (χ1v) is 5.66. The molecule has 0 spiro atoms. The second kappa shape index (κ2) is 4.61. The van der Waals surface area contributed by atoms with E-state index in [1.54, 1.807) is 0 Å². The molecule has 20 heavy (non-hydrogen) atoms. The van der Waals surface area contributed by atoms with E-state index >= 15 is 0 Å². The smallest absolute Gasteiger partial charge is 0.258 e. The second-order valence-corrected chi connectivity index (χ2v) is 4.04. The molecule has 2 aromatic heterocycles. The molecule has 0 aliphatic heterocycles. The Morgan fingerprint density at radius 2 is 1.90 bits per heavy atom. The Morgan fingerprint density at radius 3 is 2.60 bits per heavy atom. The van der Waals surface area contributed by atoms with Gasteiger partial charge < -0.3 is 0 Å². The van der Waals surface area contributed by atoms with E-state index in [2.05, 4.69) is 15.0 Å². The summed E-state index contributed by atoms with van der Waals surface area (Å²) < 4.78 is 12.9. The van der Waals surface area contributed by atoms with Crippen molar-refractivity contribution in [2.45, 2.75) is 0 Å². The number of nitrogens with zero attached hydrogens (tertiary/aromatic N) is 4. The molecule has 0 N–H and O–H groups in total.